The number of halogens is 2. The second-order valence-corrected chi connectivity index (χ2v) is 3.67. The molecular formula is C11H10F2N4O. The van der Waals surface area contributed by atoms with Crippen molar-refractivity contribution in [3.05, 3.63) is 41.1 Å². The minimum absolute atomic E-state index is 0.0458. The van der Waals surface area contributed by atoms with Crippen LogP contribution in [0.15, 0.2) is 18.2 Å². The summed E-state index contributed by atoms with van der Waals surface area (Å²) >= 11 is 0. The standard InChI is InChI=1S/C11H10F2N4O/c1-5-2-9(17-16-5)18-10-7(12)3-6(11(14)15)4-8(10)13/h2-4H,1H3,(H3,14,15)(H,16,17). The summed E-state index contributed by atoms with van der Waals surface area (Å²) in [7, 11) is 0. The summed E-state index contributed by atoms with van der Waals surface area (Å²) in [6.45, 7) is 1.73. The number of nitrogen functional groups attached to an aromatic ring is 1. The Kier molecular flexibility index (Phi) is 2.97. The first-order valence-electron chi connectivity index (χ1n) is 5.00. The highest BCUT2D eigenvalue weighted by atomic mass is 19.1. The summed E-state index contributed by atoms with van der Waals surface area (Å²) in [5.41, 5.74) is 5.80. The number of nitrogens with two attached hydrogens (primary N) is 1. The largest absolute Gasteiger partial charge is 0.431 e. The van der Waals surface area contributed by atoms with Gasteiger partial charge in [-0.15, -0.1) is 5.10 Å². The number of nitrogens with zero attached hydrogens (tertiary/aromatic N) is 1. The van der Waals surface area contributed by atoms with Crippen molar-refractivity contribution >= 4 is 5.84 Å². The van der Waals surface area contributed by atoms with Gasteiger partial charge in [-0.2, -0.15) is 0 Å². The first-order valence-corrected chi connectivity index (χ1v) is 5.00. The van der Waals surface area contributed by atoms with E-state index in [0.717, 1.165) is 12.1 Å². The normalized spacial score (nSPS) is 10.4. The molecule has 0 radical (unpaired) electrons. The zero-order valence-corrected chi connectivity index (χ0v) is 9.42. The summed E-state index contributed by atoms with van der Waals surface area (Å²) in [6, 6.07) is 3.36. The number of ether oxygens (including phenoxy) is 1. The van der Waals surface area contributed by atoms with Gasteiger partial charge in [-0.1, -0.05) is 0 Å². The molecule has 0 aliphatic carbocycles. The predicted octanol–water partition coefficient (Wildman–Crippen LogP) is 2.07. The van der Waals surface area contributed by atoms with Crippen molar-refractivity contribution in [3.63, 3.8) is 0 Å². The molecule has 0 spiro atoms. The molecule has 0 aliphatic rings. The van der Waals surface area contributed by atoms with E-state index in [1.807, 2.05) is 0 Å². The molecular weight excluding hydrogens is 242 g/mol. The zero-order chi connectivity index (χ0) is 13.3. The highest BCUT2D eigenvalue weighted by Crippen LogP contribution is 2.27. The van der Waals surface area contributed by atoms with Crippen LogP contribution in [0, 0.1) is 24.0 Å². The highest BCUT2D eigenvalue weighted by molar-refractivity contribution is 5.95. The van der Waals surface area contributed by atoms with E-state index in [4.69, 9.17) is 15.9 Å². The van der Waals surface area contributed by atoms with E-state index in [1.165, 1.54) is 6.07 Å². The van der Waals surface area contributed by atoms with E-state index in [2.05, 4.69) is 10.2 Å². The van der Waals surface area contributed by atoms with Crippen molar-refractivity contribution in [2.24, 2.45) is 5.73 Å². The SMILES string of the molecule is Cc1cc(Oc2c(F)cc(C(=N)N)cc2F)n[nH]1. The first-order chi connectivity index (χ1) is 8.47. The number of amidine groups is 1. The lowest BCUT2D eigenvalue weighted by atomic mass is 10.2. The first kappa shape index (κ1) is 12.0. The molecule has 2 aromatic rings. The van der Waals surface area contributed by atoms with E-state index in [9.17, 15) is 8.78 Å². The van der Waals surface area contributed by atoms with Crippen LogP contribution in [0.2, 0.25) is 0 Å². The number of hydrogen-bond acceptors (Lipinski definition) is 3. The third-order valence-corrected chi connectivity index (χ3v) is 2.20. The maximum atomic E-state index is 13.6. The van der Waals surface area contributed by atoms with Crippen LogP contribution in [0.4, 0.5) is 8.78 Å². The quantitative estimate of drug-likeness (QED) is 0.577. The Morgan fingerprint density at radius 2 is 1.94 bits per heavy atom. The van der Waals surface area contributed by atoms with E-state index < -0.39 is 23.2 Å². The van der Waals surface area contributed by atoms with Crippen molar-refractivity contribution in [3.8, 4) is 11.6 Å². The number of H-pyrrole nitrogens is 1. The van der Waals surface area contributed by atoms with Crippen molar-refractivity contribution in [1.82, 2.24) is 10.2 Å². The number of nitrogens with one attached hydrogen (secondary N) is 2. The fraction of sp³-hybridized carbons (Fsp3) is 0.0909. The number of aryl methyl sites for hydroxylation is 1. The van der Waals surface area contributed by atoms with E-state index in [-0.39, 0.29) is 11.4 Å². The molecule has 1 aromatic heterocycles. The third-order valence-electron chi connectivity index (χ3n) is 2.20. The number of hydrogen-bond donors (Lipinski definition) is 3. The van der Waals surface area contributed by atoms with Crippen LogP contribution in [0.1, 0.15) is 11.3 Å². The van der Waals surface area contributed by atoms with Crippen molar-refractivity contribution in [1.29, 1.82) is 5.41 Å². The Morgan fingerprint density at radius 1 is 1.33 bits per heavy atom. The molecule has 94 valence electrons. The van der Waals surface area contributed by atoms with Crippen LogP contribution in [0.25, 0.3) is 0 Å². The summed E-state index contributed by atoms with van der Waals surface area (Å²) in [5, 5.41) is 13.4. The summed E-state index contributed by atoms with van der Waals surface area (Å²) < 4.78 is 32.2. The lowest BCUT2D eigenvalue weighted by Crippen LogP contribution is -2.12. The molecule has 18 heavy (non-hydrogen) atoms. The van der Waals surface area contributed by atoms with E-state index >= 15 is 0 Å². The van der Waals surface area contributed by atoms with Gasteiger partial charge < -0.3 is 10.5 Å². The molecule has 0 fully saturated rings. The Bertz CT molecular complexity index is 586. The molecule has 7 heteroatoms. The van der Waals surface area contributed by atoms with Gasteiger partial charge in [0.05, 0.1) is 0 Å². The number of rotatable bonds is 3. The third kappa shape index (κ3) is 2.29. The van der Waals surface area contributed by atoms with Crippen LogP contribution in [-0.2, 0) is 0 Å². The van der Waals surface area contributed by atoms with Crippen LogP contribution in [0.5, 0.6) is 11.6 Å². The molecule has 4 N–H and O–H groups in total. The second kappa shape index (κ2) is 4.44. The fourth-order valence-corrected chi connectivity index (χ4v) is 1.36. The smallest absolute Gasteiger partial charge is 0.238 e. The Hall–Kier alpha value is -2.44. The van der Waals surface area contributed by atoms with Gasteiger partial charge in [0.2, 0.25) is 11.6 Å². The second-order valence-electron chi connectivity index (χ2n) is 3.67. The molecule has 5 nitrogen and oxygen atoms in total. The summed E-state index contributed by atoms with van der Waals surface area (Å²) in [5.74, 6) is -2.83. The molecule has 0 saturated heterocycles. The van der Waals surface area contributed by atoms with Gasteiger partial charge in [-0.25, -0.2) is 8.78 Å². The van der Waals surface area contributed by atoms with Gasteiger partial charge in [0, 0.05) is 17.3 Å². The van der Waals surface area contributed by atoms with Crippen LogP contribution >= 0.6 is 0 Å². The lowest BCUT2D eigenvalue weighted by Gasteiger charge is -2.07. The van der Waals surface area contributed by atoms with Gasteiger partial charge in [-0.05, 0) is 19.1 Å². The molecule has 0 unspecified atom stereocenters. The molecule has 0 saturated carbocycles. The fourth-order valence-electron chi connectivity index (χ4n) is 1.36. The Labute approximate surface area is 101 Å². The average molecular weight is 252 g/mol. The number of benzene rings is 1. The zero-order valence-electron chi connectivity index (χ0n) is 9.42. The lowest BCUT2D eigenvalue weighted by molar-refractivity contribution is 0.395. The van der Waals surface area contributed by atoms with E-state index in [0.29, 0.717) is 5.69 Å². The number of aromatic nitrogens is 2. The Morgan fingerprint density at radius 3 is 2.39 bits per heavy atom. The Balaban J connectivity index is 2.37. The molecule has 0 bridgehead atoms. The highest BCUT2D eigenvalue weighted by Gasteiger charge is 2.15. The van der Waals surface area contributed by atoms with Crippen molar-refractivity contribution in [2.45, 2.75) is 6.92 Å². The maximum Gasteiger partial charge on any atom is 0.238 e. The maximum absolute atomic E-state index is 13.6. The minimum atomic E-state index is -0.944. The van der Waals surface area contributed by atoms with Gasteiger partial charge in [0.25, 0.3) is 0 Å². The molecule has 0 atom stereocenters. The van der Waals surface area contributed by atoms with Crippen LogP contribution in [-0.4, -0.2) is 16.0 Å². The van der Waals surface area contributed by atoms with Crippen molar-refractivity contribution < 1.29 is 13.5 Å². The van der Waals surface area contributed by atoms with E-state index in [1.54, 1.807) is 6.92 Å². The molecule has 2 rings (SSSR count). The van der Waals surface area contributed by atoms with Gasteiger partial charge in [0.1, 0.15) is 5.84 Å². The molecule has 1 heterocycles. The number of aromatic amines is 1. The van der Waals surface area contributed by atoms with Crippen LogP contribution in [0.3, 0.4) is 0 Å². The van der Waals surface area contributed by atoms with Crippen molar-refractivity contribution in [2.75, 3.05) is 0 Å². The summed E-state index contributed by atoms with van der Waals surface area (Å²) in [6.07, 6.45) is 0. The predicted molar refractivity (Wildman–Crippen MR) is 60.8 cm³/mol. The monoisotopic (exact) mass is 252 g/mol. The molecule has 1 aromatic carbocycles. The topological polar surface area (TPSA) is 87.8 Å². The van der Waals surface area contributed by atoms with Gasteiger partial charge >= 0.3 is 0 Å². The van der Waals surface area contributed by atoms with Crippen LogP contribution < -0.4 is 10.5 Å². The molecule has 0 aliphatic heterocycles. The van der Waals surface area contributed by atoms with Gasteiger partial charge in [0.15, 0.2) is 11.6 Å². The average Bonchev–Trinajstić information content (AvgIpc) is 2.69. The van der Waals surface area contributed by atoms with Gasteiger partial charge in [-0.3, -0.25) is 10.5 Å². The minimum Gasteiger partial charge on any atom is -0.431 e. The molecule has 0 amide bonds. The summed E-state index contributed by atoms with van der Waals surface area (Å²) in [4.78, 5) is 0.